The van der Waals surface area contributed by atoms with E-state index < -0.39 is 0 Å². The highest BCUT2D eigenvalue weighted by atomic mass is 16.5. The summed E-state index contributed by atoms with van der Waals surface area (Å²) in [4.78, 5) is 32.7. The highest BCUT2D eigenvalue weighted by Gasteiger charge is 2.20. The third-order valence-electron chi connectivity index (χ3n) is 7.29. The number of aromatic nitrogens is 4. The summed E-state index contributed by atoms with van der Waals surface area (Å²) in [5, 5.41) is 7.07. The van der Waals surface area contributed by atoms with E-state index in [4.69, 9.17) is 4.74 Å². The lowest BCUT2D eigenvalue weighted by atomic mass is 9.87. The Morgan fingerprint density at radius 2 is 1.92 bits per heavy atom. The first kappa shape index (κ1) is 25.5. The van der Waals surface area contributed by atoms with Crippen molar-refractivity contribution in [3.05, 3.63) is 72.4 Å². The molecule has 1 aromatic carbocycles. The van der Waals surface area contributed by atoms with Gasteiger partial charge in [0, 0.05) is 56.1 Å². The summed E-state index contributed by atoms with van der Waals surface area (Å²) in [6, 6.07) is 11.9. The van der Waals surface area contributed by atoms with Crippen molar-refractivity contribution in [3.63, 3.8) is 0 Å². The van der Waals surface area contributed by atoms with E-state index in [0.717, 1.165) is 72.1 Å². The second-order valence-electron chi connectivity index (χ2n) is 9.65. The molecule has 196 valence electrons. The maximum atomic E-state index is 12.4. The number of rotatable bonds is 8. The number of morpholine rings is 1. The van der Waals surface area contributed by atoms with Crippen molar-refractivity contribution in [1.82, 2.24) is 25.3 Å². The largest absolute Gasteiger partial charge is 0.378 e. The van der Waals surface area contributed by atoms with Crippen LogP contribution < -0.4 is 15.5 Å². The zero-order chi connectivity index (χ0) is 26.5. The van der Waals surface area contributed by atoms with E-state index in [9.17, 15) is 4.79 Å². The van der Waals surface area contributed by atoms with E-state index in [-0.39, 0.29) is 17.7 Å². The van der Waals surface area contributed by atoms with Crippen LogP contribution in [0.3, 0.4) is 0 Å². The SMILES string of the molecule is CNC(=O)c1ccnc2c(C(C)[C@H](C)CNc3cc(-c4cncc(N5CCOCC5)c4)ncn3)cccc12. The second-order valence-corrected chi connectivity index (χ2v) is 9.65. The van der Waals surface area contributed by atoms with Crippen LogP contribution in [0.15, 0.2) is 61.3 Å². The maximum Gasteiger partial charge on any atom is 0.251 e. The van der Waals surface area contributed by atoms with Gasteiger partial charge in [-0.1, -0.05) is 32.0 Å². The Morgan fingerprint density at radius 3 is 2.74 bits per heavy atom. The van der Waals surface area contributed by atoms with Gasteiger partial charge in [-0.3, -0.25) is 14.8 Å². The first-order valence-corrected chi connectivity index (χ1v) is 13.0. The molecule has 1 aliphatic rings. The Labute approximate surface area is 222 Å². The number of benzene rings is 1. The summed E-state index contributed by atoms with van der Waals surface area (Å²) in [5.74, 6) is 1.14. The van der Waals surface area contributed by atoms with E-state index >= 15 is 0 Å². The molecule has 2 N–H and O–H groups in total. The molecule has 0 radical (unpaired) electrons. The highest BCUT2D eigenvalue weighted by molar-refractivity contribution is 6.06. The van der Waals surface area contributed by atoms with E-state index in [1.807, 2.05) is 30.6 Å². The van der Waals surface area contributed by atoms with Crippen molar-refractivity contribution in [1.29, 1.82) is 0 Å². The summed E-state index contributed by atoms with van der Waals surface area (Å²) < 4.78 is 5.47. The van der Waals surface area contributed by atoms with Crippen molar-refractivity contribution in [3.8, 4) is 11.3 Å². The van der Waals surface area contributed by atoms with Crippen LogP contribution in [0.4, 0.5) is 11.5 Å². The number of nitrogens with zero attached hydrogens (tertiary/aromatic N) is 5. The highest BCUT2D eigenvalue weighted by Crippen LogP contribution is 2.31. The average molecular weight is 512 g/mol. The first-order valence-electron chi connectivity index (χ1n) is 13.0. The molecule has 3 aromatic heterocycles. The van der Waals surface area contributed by atoms with Crippen LogP contribution in [0.25, 0.3) is 22.2 Å². The average Bonchev–Trinajstić information content (AvgIpc) is 2.99. The lowest BCUT2D eigenvalue weighted by molar-refractivity contribution is 0.0964. The lowest BCUT2D eigenvalue weighted by Gasteiger charge is -2.28. The minimum atomic E-state index is -0.109. The van der Waals surface area contributed by atoms with Crippen LogP contribution in [-0.2, 0) is 4.74 Å². The number of para-hydroxylation sites is 1. The lowest BCUT2D eigenvalue weighted by Crippen LogP contribution is -2.36. The van der Waals surface area contributed by atoms with Crippen LogP contribution in [0.1, 0.15) is 35.7 Å². The molecule has 9 heteroatoms. The summed E-state index contributed by atoms with van der Waals surface area (Å²) >= 11 is 0. The molecule has 0 aliphatic carbocycles. The monoisotopic (exact) mass is 511 g/mol. The van der Waals surface area contributed by atoms with Crippen molar-refractivity contribution < 1.29 is 9.53 Å². The summed E-state index contributed by atoms with van der Waals surface area (Å²) in [7, 11) is 1.64. The molecule has 0 saturated carbocycles. The zero-order valence-corrected chi connectivity index (χ0v) is 22.0. The standard InChI is InChI=1S/C29H33N7O2/c1-19(20(2)23-5-4-6-24-25(29(37)30-3)7-8-32-28(23)24)15-33-27-14-26(34-18-35-27)21-13-22(17-31-16-21)36-9-11-38-12-10-36/h4-8,13-14,16-20H,9-12,15H2,1-3H3,(H,30,37)(H,33,34,35)/t19-,20?/m1/s1. The molecule has 4 heterocycles. The predicted octanol–water partition coefficient (Wildman–Crippen LogP) is 4.13. The topological polar surface area (TPSA) is 105 Å². The summed E-state index contributed by atoms with van der Waals surface area (Å²) in [5.41, 5.74) is 5.48. The fourth-order valence-corrected chi connectivity index (χ4v) is 4.82. The van der Waals surface area contributed by atoms with Crippen LogP contribution >= 0.6 is 0 Å². The van der Waals surface area contributed by atoms with E-state index in [1.165, 1.54) is 0 Å². The second kappa shape index (κ2) is 11.5. The third-order valence-corrected chi connectivity index (χ3v) is 7.29. The number of amides is 1. The quantitative estimate of drug-likeness (QED) is 0.364. The van der Waals surface area contributed by atoms with Gasteiger partial charge < -0.3 is 20.3 Å². The molecular weight excluding hydrogens is 478 g/mol. The van der Waals surface area contributed by atoms with Gasteiger partial charge in [0.1, 0.15) is 12.1 Å². The maximum absolute atomic E-state index is 12.4. The van der Waals surface area contributed by atoms with Crippen molar-refractivity contribution in [2.24, 2.45) is 5.92 Å². The zero-order valence-electron chi connectivity index (χ0n) is 22.0. The Balaban J connectivity index is 1.30. The molecular formula is C29H33N7O2. The van der Waals surface area contributed by atoms with Crippen molar-refractivity contribution >= 4 is 28.3 Å². The van der Waals surface area contributed by atoms with Gasteiger partial charge in [0.2, 0.25) is 0 Å². The van der Waals surface area contributed by atoms with Crippen molar-refractivity contribution in [2.75, 3.05) is 50.1 Å². The number of ether oxygens (including phenoxy) is 1. The minimum absolute atomic E-state index is 0.109. The van der Waals surface area contributed by atoms with Crippen molar-refractivity contribution in [2.45, 2.75) is 19.8 Å². The Hall–Kier alpha value is -4.11. The van der Waals surface area contributed by atoms with Gasteiger partial charge >= 0.3 is 0 Å². The first-order chi connectivity index (χ1) is 18.5. The molecule has 4 aromatic rings. The summed E-state index contributed by atoms with van der Waals surface area (Å²) in [6.07, 6.45) is 7.01. The fraction of sp³-hybridized carbons (Fsp3) is 0.345. The number of hydrogen-bond acceptors (Lipinski definition) is 8. The number of carbonyl (C=O) groups excluding carboxylic acids is 1. The molecule has 1 amide bonds. The molecule has 1 unspecified atom stereocenters. The van der Waals surface area contributed by atoms with Crippen LogP contribution in [0.5, 0.6) is 0 Å². The number of hydrogen-bond donors (Lipinski definition) is 2. The number of carbonyl (C=O) groups is 1. The molecule has 5 rings (SSSR count). The van der Waals surface area contributed by atoms with Crippen LogP contribution in [0, 0.1) is 5.92 Å². The third kappa shape index (κ3) is 5.43. The van der Waals surface area contributed by atoms with Gasteiger partial charge in [-0.25, -0.2) is 9.97 Å². The molecule has 1 fully saturated rings. The Bertz CT molecular complexity index is 1420. The predicted molar refractivity (Wildman–Crippen MR) is 149 cm³/mol. The normalized spacial score (nSPS) is 15.2. The van der Waals surface area contributed by atoms with E-state index in [2.05, 4.69) is 61.4 Å². The van der Waals surface area contributed by atoms with Gasteiger partial charge in [-0.2, -0.15) is 0 Å². The molecule has 0 spiro atoms. The molecule has 0 bridgehead atoms. The molecule has 38 heavy (non-hydrogen) atoms. The van der Waals surface area contributed by atoms with Crippen LogP contribution in [0.2, 0.25) is 0 Å². The van der Waals surface area contributed by atoms with Gasteiger partial charge in [0.15, 0.2) is 0 Å². The van der Waals surface area contributed by atoms with E-state index in [0.29, 0.717) is 5.56 Å². The van der Waals surface area contributed by atoms with Gasteiger partial charge in [-0.05, 0) is 29.5 Å². The molecule has 1 aliphatic heterocycles. The number of fused-ring (bicyclic) bond motifs is 1. The summed E-state index contributed by atoms with van der Waals surface area (Å²) in [6.45, 7) is 8.29. The molecule has 1 saturated heterocycles. The van der Waals surface area contributed by atoms with Gasteiger partial charge in [0.05, 0.1) is 41.9 Å². The Morgan fingerprint density at radius 1 is 1.08 bits per heavy atom. The molecule has 2 atom stereocenters. The Kier molecular flexibility index (Phi) is 7.74. The number of anilines is 2. The number of nitrogens with one attached hydrogen (secondary N) is 2. The number of pyridine rings is 2. The smallest absolute Gasteiger partial charge is 0.251 e. The van der Waals surface area contributed by atoms with Gasteiger partial charge in [0.25, 0.3) is 5.91 Å². The minimum Gasteiger partial charge on any atom is -0.378 e. The van der Waals surface area contributed by atoms with E-state index in [1.54, 1.807) is 25.6 Å². The fourth-order valence-electron chi connectivity index (χ4n) is 4.82. The van der Waals surface area contributed by atoms with Gasteiger partial charge in [-0.15, -0.1) is 0 Å². The molecule has 9 nitrogen and oxygen atoms in total. The van der Waals surface area contributed by atoms with Crippen LogP contribution in [-0.4, -0.2) is 65.7 Å².